The lowest BCUT2D eigenvalue weighted by molar-refractivity contribution is -0.193. The van der Waals surface area contributed by atoms with Crippen molar-refractivity contribution in [3.63, 3.8) is 0 Å². The summed E-state index contributed by atoms with van der Waals surface area (Å²) in [6.45, 7) is 8.07. The van der Waals surface area contributed by atoms with Crippen molar-refractivity contribution in [1.82, 2.24) is 24.6 Å². The van der Waals surface area contributed by atoms with Gasteiger partial charge in [0.05, 0.1) is 24.6 Å². The van der Waals surface area contributed by atoms with Gasteiger partial charge >= 0.3 is 36.4 Å². The number of carbonyl (C=O) groups is 3. The van der Waals surface area contributed by atoms with E-state index < -0.39 is 36.4 Å². The third-order valence-electron chi connectivity index (χ3n) is 5.97. The number of carboxylic acids is 3. The monoisotopic (exact) mass is 683 g/mol. The Balaban J connectivity index is 0.000000413. The number of aromatic nitrogens is 3. The van der Waals surface area contributed by atoms with Gasteiger partial charge in [0.1, 0.15) is 0 Å². The number of piperazine rings is 1. The molecule has 46 heavy (non-hydrogen) atoms. The highest BCUT2D eigenvalue weighted by molar-refractivity contribution is 5.73. The predicted molar refractivity (Wildman–Crippen MR) is 137 cm³/mol. The number of pyridine rings is 1. The number of nitrogens with zero attached hydrogens (tertiary/aromatic N) is 5. The average Bonchev–Trinajstić information content (AvgIpc) is 3.52. The zero-order valence-corrected chi connectivity index (χ0v) is 24.1. The van der Waals surface area contributed by atoms with E-state index in [9.17, 15) is 39.5 Å². The normalized spacial score (nSPS) is 18.5. The van der Waals surface area contributed by atoms with E-state index in [1.165, 1.54) is 5.56 Å². The van der Waals surface area contributed by atoms with Crippen molar-refractivity contribution in [2.45, 2.75) is 57.2 Å². The predicted octanol–water partition coefficient (Wildman–Crippen LogP) is 3.50. The maximum absolute atomic E-state index is 10.6. The number of fused-ring (bicyclic) bond motifs is 1. The molecule has 0 spiro atoms. The van der Waals surface area contributed by atoms with E-state index in [0.29, 0.717) is 18.8 Å². The summed E-state index contributed by atoms with van der Waals surface area (Å²) >= 11 is 0. The zero-order valence-electron chi connectivity index (χ0n) is 24.1. The van der Waals surface area contributed by atoms with Crippen LogP contribution in [-0.4, -0.2) is 115 Å². The molecule has 0 aromatic carbocycles. The minimum Gasteiger partial charge on any atom is -0.475 e. The van der Waals surface area contributed by atoms with E-state index in [1.807, 2.05) is 37.0 Å². The highest BCUT2D eigenvalue weighted by Gasteiger charge is 2.40. The fourth-order valence-corrected chi connectivity index (χ4v) is 4.02. The van der Waals surface area contributed by atoms with E-state index in [0.717, 1.165) is 50.5 Å². The van der Waals surface area contributed by atoms with Gasteiger partial charge in [-0.3, -0.25) is 19.5 Å². The molecule has 12 nitrogen and oxygen atoms in total. The van der Waals surface area contributed by atoms with Gasteiger partial charge in [0.15, 0.2) is 0 Å². The van der Waals surface area contributed by atoms with Crippen LogP contribution in [-0.2, 0) is 39.3 Å². The van der Waals surface area contributed by atoms with Gasteiger partial charge in [-0.1, -0.05) is 6.07 Å². The molecule has 260 valence electrons. The lowest BCUT2D eigenvalue weighted by Crippen LogP contribution is -2.49. The van der Waals surface area contributed by atoms with Gasteiger partial charge < -0.3 is 20.1 Å². The third kappa shape index (κ3) is 15.3. The van der Waals surface area contributed by atoms with E-state index in [4.69, 9.17) is 34.4 Å². The van der Waals surface area contributed by atoms with Crippen molar-refractivity contribution in [3.8, 4) is 0 Å². The molecule has 2 aliphatic heterocycles. The number of hydrogen-bond donors (Lipinski definition) is 3. The summed E-state index contributed by atoms with van der Waals surface area (Å²) in [6, 6.07) is 6.73. The van der Waals surface area contributed by atoms with Crippen LogP contribution >= 0.6 is 0 Å². The van der Waals surface area contributed by atoms with Crippen LogP contribution in [0.5, 0.6) is 0 Å². The molecule has 4 heterocycles. The van der Waals surface area contributed by atoms with Gasteiger partial charge in [-0.15, -0.1) is 0 Å². The molecule has 3 N–H and O–H groups in total. The van der Waals surface area contributed by atoms with Crippen molar-refractivity contribution >= 4 is 17.9 Å². The molecule has 2 atom stereocenters. The summed E-state index contributed by atoms with van der Waals surface area (Å²) in [5, 5.41) is 25.6. The molecule has 2 saturated heterocycles. The second kappa shape index (κ2) is 17.1. The largest absolute Gasteiger partial charge is 0.490 e. The van der Waals surface area contributed by atoms with Crippen molar-refractivity contribution in [3.05, 3.63) is 47.5 Å². The van der Waals surface area contributed by atoms with Crippen molar-refractivity contribution < 1.29 is 74.0 Å². The van der Waals surface area contributed by atoms with Crippen LogP contribution in [0, 0.1) is 6.92 Å². The van der Waals surface area contributed by atoms with Crippen LogP contribution in [0.3, 0.4) is 0 Å². The molecule has 21 heteroatoms. The first-order chi connectivity index (χ1) is 21.0. The topological polar surface area (TPSA) is 158 Å². The van der Waals surface area contributed by atoms with Crippen LogP contribution < -0.4 is 0 Å². The molecular weight excluding hydrogens is 653 g/mol. The Morgan fingerprint density at radius 3 is 1.85 bits per heavy atom. The Hall–Kier alpha value is -3.98. The number of ether oxygens (including phenoxy) is 1. The molecule has 0 unspecified atom stereocenters. The first-order valence-electron chi connectivity index (χ1n) is 12.9. The van der Waals surface area contributed by atoms with Crippen LogP contribution in [0.1, 0.15) is 23.4 Å². The standard InChI is InChI=1S/C19H27N5O.3C2HF3O2/c1-15-4-3-5-17(21-15)14-25-19-8-18-12-23(6-7-24(18)13-19)11-16-9-20-22(2)10-16;3*3-2(4,5)1(6)7/h3-5,9-10,18-19H,6-8,11-14H2,1-2H3;3*(H,6,7)/t18-,19+;;;/m1.../s1. The lowest BCUT2D eigenvalue weighted by atomic mass is 10.1. The van der Waals surface area contributed by atoms with Crippen molar-refractivity contribution in [2.24, 2.45) is 7.05 Å². The molecule has 2 fully saturated rings. The molecule has 0 bridgehead atoms. The van der Waals surface area contributed by atoms with Crippen molar-refractivity contribution in [1.29, 1.82) is 0 Å². The Morgan fingerprint density at radius 2 is 1.41 bits per heavy atom. The Kier molecular flexibility index (Phi) is 14.9. The van der Waals surface area contributed by atoms with Crippen LogP contribution in [0.25, 0.3) is 0 Å². The molecular formula is C25H30F9N5O7. The summed E-state index contributed by atoms with van der Waals surface area (Å²) in [5.74, 6) is -8.27. The van der Waals surface area contributed by atoms with Gasteiger partial charge in [-0.2, -0.15) is 44.6 Å². The fourth-order valence-electron chi connectivity index (χ4n) is 4.02. The summed E-state index contributed by atoms with van der Waals surface area (Å²) in [4.78, 5) is 36.4. The smallest absolute Gasteiger partial charge is 0.475 e. The maximum Gasteiger partial charge on any atom is 0.490 e. The summed E-state index contributed by atoms with van der Waals surface area (Å²) in [6.07, 6.45) is -9.72. The maximum atomic E-state index is 10.6. The van der Waals surface area contributed by atoms with Gasteiger partial charge in [0, 0.05) is 63.3 Å². The third-order valence-corrected chi connectivity index (χ3v) is 5.97. The van der Waals surface area contributed by atoms with Gasteiger partial charge in [0.2, 0.25) is 0 Å². The highest BCUT2D eigenvalue weighted by Crippen LogP contribution is 2.25. The minimum atomic E-state index is -5.08. The van der Waals surface area contributed by atoms with Gasteiger partial charge in [0.25, 0.3) is 0 Å². The van der Waals surface area contributed by atoms with E-state index in [-0.39, 0.29) is 0 Å². The second-order valence-corrected chi connectivity index (χ2v) is 9.75. The molecule has 4 rings (SSSR count). The Labute approximate surface area is 255 Å². The molecule has 0 saturated carbocycles. The molecule has 2 aromatic rings. The number of aliphatic carboxylic acids is 3. The Morgan fingerprint density at radius 1 is 0.891 bits per heavy atom. The molecule has 0 radical (unpaired) electrons. The summed E-state index contributed by atoms with van der Waals surface area (Å²) in [5.41, 5.74) is 3.38. The molecule has 0 aliphatic carbocycles. The van der Waals surface area contributed by atoms with Crippen LogP contribution in [0.15, 0.2) is 30.6 Å². The number of aryl methyl sites for hydroxylation is 2. The molecule has 2 aliphatic rings. The summed E-state index contributed by atoms with van der Waals surface area (Å²) in [7, 11) is 1.98. The lowest BCUT2D eigenvalue weighted by Gasteiger charge is -2.37. The first kappa shape index (κ1) is 40.0. The van der Waals surface area contributed by atoms with Crippen LogP contribution in [0.4, 0.5) is 39.5 Å². The Bertz CT molecular complexity index is 1230. The summed E-state index contributed by atoms with van der Waals surface area (Å²) < 4.78 is 103. The number of carboxylic acid groups (broad SMARTS) is 3. The molecule has 0 amide bonds. The average molecular weight is 684 g/mol. The van der Waals surface area contributed by atoms with Gasteiger partial charge in [-0.25, -0.2) is 14.4 Å². The van der Waals surface area contributed by atoms with Crippen molar-refractivity contribution in [2.75, 3.05) is 26.2 Å². The second-order valence-electron chi connectivity index (χ2n) is 9.75. The number of rotatable bonds is 5. The van der Waals surface area contributed by atoms with E-state index >= 15 is 0 Å². The quantitative estimate of drug-likeness (QED) is 0.396. The minimum absolute atomic E-state index is 0.325. The fraction of sp³-hybridized carbons (Fsp3) is 0.560. The molecule has 2 aromatic heterocycles. The van der Waals surface area contributed by atoms with Gasteiger partial charge in [-0.05, 0) is 25.5 Å². The number of alkyl halides is 9. The zero-order chi connectivity index (χ0) is 35.5. The number of hydrogen-bond acceptors (Lipinski definition) is 8. The first-order valence-corrected chi connectivity index (χ1v) is 12.9. The number of halogens is 9. The van der Waals surface area contributed by atoms with Crippen LogP contribution in [0.2, 0.25) is 0 Å². The van der Waals surface area contributed by atoms with E-state index in [1.54, 1.807) is 0 Å². The highest BCUT2D eigenvalue weighted by atomic mass is 19.4. The van der Waals surface area contributed by atoms with E-state index in [2.05, 4.69) is 32.1 Å². The SMILES string of the molecule is Cc1cccc(CO[C@H]2C[C@@H]3CN(Cc4cnn(C)c4)CCN3C2)n1.O=C(O)C(F)(F)F.O=C(O)C(F)(F)F.O=C(O)C(F)(F)F.